The van der Waals surface area contributed by atoms with E-state index in [4.69, 9.17) is 16.3 Å². The zero-order chi connectivity index (χ0) is 12.5. The number of rotatable bonds is 2. The monoisotopic (exact) mass is 255 g/mol. The summed E-state index contributed by atoms with van der Waals surface area (Å²) < 4.78 is 5.43. The van der Waals surface area contributed by atoms with E-state index in [0.717, 1.165) is 6.42 Å². The molecule has 0 spiro atoms. The number of nitrogens with one attached hydrogen (secondary N) is 1. The van der Waals surface area contributed by atoms with Crippen LogP contribution in [0.2, 0.25) is 5.15 Å². The van der Waals surface area contributed by atoms with Crippen molar-refractivity contribution in [2.24, 2.45) is 0 Å². The molecular formula is C11H14ClN3O2. The molecule has 1 aromatic heterocycles. The number of halogens is 1. The van der Waals surface area contributed by atoms with Gasteiger partial charge in [0, 0.05) is 12.3 Å². The van der Waals surface area contributed by atoms with Crippen LogP contribution in [-0.2, 0) is 9.53 Å². The van der Waals surface area contributed by atoms with Gasteiger partial charge in [-0.15, -0.1) is 0 Å². The van der Waals surface area contributed by atoms with Gasteiger partial charge in [-0.3, -0.25) is 10.1 Å². The number of anilines is 1. The van der Waals surface area contributed by atoms with Crippen molar-refractivity contribution < 1.29 is 9.53 Å². The summed E-state index contributed by atoms with van der Waals surface area (Å²) in [7, 11) is 0. The Kier molecular flexibility index (Phi) is 3.31. The maximum Gasteiger partial charge on any atom is 0.258 e. The summed E-state index contributed by atoms with van der Waals surface area (Å²) in [5, 5.41) is 2.95. The number of ether oxygens (including phenoxy) is 1. The number of aromatic nitrogens is 2. The van der Waals surface area contributed by atoms with Gasteiger partial charge in [-0.05, 0) is 32.8 Å². The molecule has 6 heteroatoms. The maximum absolute atomic E-state index is 12.0. The van der Waals surface area contributed by atoms with Crippen molar-refractivity contribution in [3.05, 3.63) is 16.9 Å². The average molecular weight is 256 g/mol. The average Bonchev–Trinajstić information content (AvgIpc) is 2.64. The molecule has 1 aliphatic heterocycles. The molecule has 0 saturated carbocycles. The topological polar surface area (TPSA) is 64.1 Å². The molecular weight excluding hydrogens is 242 g/mol. The minimum Gasteiger partial charge on any atom is -0.365 e. The van der Waals surface area contributed by atoms with Crippen molar-refractivity contribution in [1.29, 1.82) is 0 Å². The van der Waals surface area contributed by atoms with Gasteiger partial charge in [0.2, 0.25) is 5.95 Å². The summed E-state index contributed by atoms with van der Waals surface area (Å²) in [6, 6.07) is 1.63. The van der Waals surface area contributed by atoms with E-state index >= 15 is 0 Å². The first-order valence-corrected chi connectivity index (χ1v) is 5.84. The van der Waals surface area contributed by atoms with Gasteiger partial charge in [0.1, 0.15) is 10.8 Å². The third-order valence-corrected chi connectivity index (χ3v) is 2.94. The molecule has 1 N–H and O–H groups in total. The number of carbonyl (C=O) groups excluding carboxylic acids is 1. The largest absolute Gasteiger partial charge is 0.365 e. The van der Waals surface area contributed by atoms with Gasteiger partial charge in [-0.25, -0.2) is 9.97 Å². The Morgan fingerprint density at radius 3 is 2.94 bits per heavy atom. The van der Waals surface area contributed by atoms with Crippen molar-refractivity contribution in [1.82, 2.24) is 9.97 Å². The Morgan fingerprint density at radius 2 is 2.35 bits per heavy atom. The molecule has 17 heavy (non-hydrogen) atoms. The third kappa shape index (κ3) is 2.73. The van der Waals surface area contributed by atoms with Crippen LogP contribution in [0, 0.1) is 6.92 Å². The number of amides is 1. The second kappa shape index (κ2) is 4.58. The third-order valence-electron chi connectivity index (χ3n) is 2.75. The van der Waals surface area contributed by atoms with Crippen LogP contribution in [0.5, 0.6) is 0 Å². The van der Waals surface area contributed by atoms with E-state index < -0.39 is 5.60 Å². The first-order valence-electron chi connectivity index (χ1n) is 5.46. The quantitative estimate of drug-likeness (QED) is 0.821. The van der Waals surface area contributed by atoms with Crippen molar-refractivity contribution in [3.63, 3.8) is 0 Å². The summed E-state index contributed by atoms with van der Waals surface area (Å²) in [6.45, 7) is 4.17. The lowest BCUT2D eigenvalue weighted by Crippen LogP contribution is -2.39. The van der Waals surface area contributed by atoms with E-state index in [-0.39, 0.29) is 11.9 Å². The molecule has 1 saturated heterocycles. The molecule has 0 aromatic carbocycles. The summed E-state index contributed by atoms with van der Waals surface area (Å²) in [6.07, 6.45) is 1.59. The van der Waals surface area contributed by atoms with Crippen molar-refractivity contribution in [3.8, 4) is 0 Å². The summed E-state index contributed by atoms with van der Waals surface area (Å²) in [5.74, 6) is -0.00612. The fraction of sp³-hybridized carbons (Fsp3) is 0.545. The highest BCUT2D eigenvalue weighted by molar-refractivity contribution is 6.29. The molecule has 1 atom stereocenters. The molecule has 1 amide bonds. The Morgan fingerprint density at radius 1 is 1.59 bits per heavy atom. The normalized spacial score (nSPS) is 23.7. The van der Waals surface area contributed by atoms with Gasteiger partial charge < -0.3 is 4.74 Å². The van der Waals surface area contributed by atoms with Crippen molar-refractivity contribution in [2.75, 3.05) is 11.9 Å². The maximum atomic E-state index is 12.0. The number of hydrogen-bond donors (Lipinski definition) is 1. The molecule has 0 radical (unpaired) electrons. The van der Waals surface area contributed by atoms with Crippen molar-refractivity contribution in [2.45, 2.75) is 32.3 Å². The highest BCUT2D eigenvalue weighted by Gasteiger charge is 2.38. The molecule has 2 heterocycles. The lowest BCUT2D eigenvalue weighted by atomic mass is 10.0. The minimum absolute atomic E-state index is 0.219. The zero-order valence-corrected chi connectivity index (χ0v) is 10.5. The predicted octanol–water partition coefficient (Wildman–Crippen LogP) is 1.95. The molecule has 0 aliphatic carbocycles. The van der Waals surface area contributed by atoms with Gasteiger partial charge >= 0.3 is 0 Å². The van der Waals surface area contributed by atoms with E-state index in [9.17, 15) is 4.79 Å². The molecule has 1 fully saturated rings. The first-order chi connectivity index (χ1) is 7.99. The molecule has 0 bridgehead atoms. The molecule has 1 aromatic rings. The second-order valence-corrected chi connectivity index (χ2v) is 4.68. The van der Waals surface area contributed by atoms with Crippen LogP contribution in [0.3, 0.4) is 0 Å². The smallest absolute Gasteiger partial charge is 0.258 e. The van der Waals surface area contributed by atoms with Gasteiger partial charge in [0.25, 0.3) is 5.91 Å². The highest BCUT2D eigenvalue weighted by atomic mass is 35.5. The lowest BCUT2D eigenvalue weighted by molar-refractivity contribution is -0.133. The number of nitrogens with zero attached hydrogens (tertiary/aromatic N) is 2. The van der Waals surface area contributed by atoms with Gasteiger partial charge in [0.05, 0.1) is 0 Å². The summed E-state index contributed by atoms with van der Waals surface area (Å²) in [4.78, 5) is 20.0. The second-order valence-electron chi connectivity index (χ2n) is 4.29. The molecule has 1 unspecified atom stereocenters. The van der Waals surface area contributed by atoms with E-state index in [2.05, 4.69) is 15.3 Å². The van der Waals surface area contributed by atoms with Gasteiger partial charge in [-0.1, -0.05) is 11.6 Å². The van der Waals surface area contributed by atoms with E-state index in [1.807, 2.05) is 0 Å². The summed E-state index contributed by atoms with van der Waals surface area (Å²) in [5.41, 5.74) is -0.0719. The van der Waals surface area contributed by atoms with Crippen LogP contribution < -0.4 is 5.32 Å². The van der Waals surface area contributed by atoms with Crippen LogP contribution in [0.1, 0.15) is 25.5 Å². The van der Waals surface area contributed by atoms with Crippen LogP contribution in [0.15, 0.2) is 6.07 Å². The highest BCUT2D eigenvalue weighted by Crippen LogP contribution is 2.26. The number of hydrogen-bond acceptors (Lipinski definition) is 4. The minimum atomic E-state index is -0.778. The lowest BCUT2D eigenvalue weighted by Gasteiger charge is -2.21. The molecule has 2 rings (SSSR count). The Balaban J connectivity index is 2.12. The van der Waals surface area contributed by atoms with Crippen LogP contribution >= 0.6 is 11.6 Å². The molecule has 92 valence electrons. The summed E-state index contributed by atoms with van der Waals surface area (Å²) >= 11 is 5.79. The van der Waals surface area contributed by atoms with Gasteiger partial charge in [-0.2, -0.15) is 0 Å². The SMILES string of the molecule is Cc1cc(Cl)nc(NC(=O)C2(C)CCCO2)n1. The zero-order valence-electron chi connectivity index (χ0n) is 9.79. The number of aryl methyl sites for hydroxylation is 1. The van der Waals surface area contributed by atoms with Crippen LogP contribution in [0.25, 0.3) is 0 Å². The van der Waals surface area contributed by atoms with Crippen LogP contribution in [0.4, 0.5) is 5.95 Å². The Labute approximate surface area is 105 Å². The molecule has 5 nitrogen and oxygen atoms in total. The van der Waals surface area contributed by atoms with Gasteiger partial charge in [0.15, 0.2) is 0 Å². The standard InChI is InChI=1S/C11H14ClN3O2/c1-7-6-8(12)14-10(13-7)15-9(16)11(2)4-3-5-17-11/h6H,3-5H2,1-2H3,(H,13,14,15,16). The van der Waals surface area contributed by atoms with Crippen molar-refractivity contribution >= 4 is 23.5 Å². The Bertz CT molecular complexity index is 424. The van der Waals surface area contributed by atoms with Crippen LogP contribution in [-0.4, -0.2) is 28.1 Å². The van der Waals surface area contributed by atoms with E-state index in [1.165, 1.54) is 0 Å². The first kappa shape index (κ1) is 12.3. The van der Waals surface area contributed by atoms with E-state index in [0.29, 0.717) is 23.9 Å². The Hall–Kier alpha value is -1.20. The fourth-order valence-electron chi connectivity index (χ4n) is 1.78. The fourth-order valence-corrected chi connectivity index (χ4v) is 2.02. The molecule has 1 aliphatic rings. The predicted molar refractivity (Wildman–Crippen MR) is 64.0 cm³/mol. The van der Waals surface area contributed by atoms with E-state index in [1.54, 1.807) is 19.9 Å². The number of carbonyl (C=O) groups is 1.